The Hall–Kier alpha value is -1.12. The average Bonchev–Trinajstić information content (AvgIpc) is 2.22. The summed E-state index contributed by atoms with van der Waals surface area (Å²) in [5.41, 5.74) is -0.140. The van der Waals surface area contributed by atoms with Crippen molar-refractivity contribution in [2.75, 3.05) is 0 Å². The average molecular weight is 194 g/mol. The fraction of sp³-hybridized carbons (Fsp3) is 0.636. The molecule has 78 valence electrons. The van der Waals surface area contributed by atoms with Crippen LogP contribution in [0.25, 0.3) is 0 Å². The van der Waals surface area contributed by atoms with Gasteiger partial charge < -0.3 is 0 Å². The lowest BCUT2D eigenvalue weighted by Crippen LogP contribution is -2.22. The molecular formula is C11H18N2O. The zero-order valence-electron chi connectivity index (χ0n) is 8.94. The Bertz CT molecular complexity index is 315. The number of rotatable bonds is 5. The van der Waals surface area contributed by atoms with Crippen LogP contribution >= 0.6 is 0 Å². The van der Waals surface area contributed by atoms with Gasteiger partial charge >= 0.3 is 5.69 Å². The molecule has 1 rings (SSSR count). The largest absolute Gasteiger partial charge is 0.347 e. The van der Waals surface area contributed by atoms with Crippen molar-refractivity contribution in [3.05, 3.63) is 28.9 Å². The van der Waals surface area contributed by atoms with Crippen LogP contribution in [0.4, 0.5) is 0 Å². The van der Waals surface area contributed by atoms with E-state index >= 15 is 0 Å². The summed E-state index contributed by atoms with van der Waals surface area (Å²) in [4.78, 5) is 15.0. The molecule has 14 heavy (non-hydrogen) atoms. The maximum atomic E-state index is 11.3. The van der Waals surface area contributed by atoms with Gasteiger partial charge in [-0.1, -0.05) is 26.7 Å². The molecule has 0 saturated carbocycles. The second kappa shape index (κ2) is 5.58. The molecule has 3 heteroatoms. The molecule has 0 radical (unpaired) electrons. The van der Waals surface area contributed by atoms with Crippen molar-refractivity contribution in [1.29, 1.82) is 0 Å². The normalized spacial score (nSPS) is 10.8. The minimum Gasteiger partial charge on any atom is -0.299 e. The first-order valence-corrected chi connectivity index (χ1v) is 5.29. The molecule has 0 amide bonds. The fourth-order valence-electron chi connectivity index (χ4n) is 1.58. The lowest BCUT2D eigenvalue weighted by Gasteiger charge is -2.12. The van der Waals surface area contributed by atoms with Crippen LogP contribution in [0.2, 0.25) is 0 Å². The molecule has 0 unspecified atom stereocenters. The van der Waals surface area contributed by atoms with Gasteiger partial charge in [-0.25, -0.2) is 9.78 Å². The van der Waals surface area contributed by atoms with Gasteiger partial charge in [-0.2, -0.15) is 0 Å². The Balaban J connectivity index is 2.53. The van der Waals surface area contributed by atoms with Crippen molar-refractivity contribution in [3.8, 4) is 0 Å². The molecule has 0 spiro atoms. The van der Waals surface area contributed by atoms with Crippen LogP contribution in [-0.2, 0) is 6.54 Å². The minimum atomic E-state index is -0.140. The van der Waals surface area contributed by atoms with Crippen molar-refractivity contribution < 1.29 is 0 Å². The van der Waals surface area contributed by atoms with Gasteiger partial charge in [-0.3, -0.25) is 4.57 Å². The Morgan fingerprint density at radius 2 is 2.14 bits per heavy atom. The third kappa shape index (κ3) is 2.98. The van der Waals surface area contributed by atoms with Crippen molar-refractivity contribution >= 4 is 0 Å². The molecule has 0 fully saturated rings. The molecule has 1 aromatic rings. The SMILES string of the molecule is CCC(CC)CCn1cccnc1=O. The summed E-state index contributed by atoms with van der Waals surface area (Å²) < 4.78 is 1.68. The topological polar surface area (TPSA) is 34.9 Å². The van der Waals surface area contributed by atoms with E-state index in [1.54, 1.807) is 16.8 Å². The van der Waals surface area contributed by atoms with Crippen LogP contribution in [0.5, 0.6) is 0 Å². The van der Waals surface area contributed by atoms with E-state index in [2.05, 4.69) is 18.8 Å². The first kappa shape index (κ1) is 11.0. The third-order valence-corrected chi connectivity index (χ3v) is 2.72. The summed E-state index contributed by atoms with van der Waals surface area (Å²) in [5, 5.41) is 0. The molecule has 0 saturated heterocycles. The van der Waals surface area contributed by atoms with Crippen LogP contribution in [0.15, 0.2) is 23.3 Å². The quantitative estimate of drug-likeness (QED) is 0.719. The molecule has 0 bridgehead atoms. The summed E-state index contributed by atoms with van der Waals surface area (Å²) in [6.07, 6.45) is 6.78. The van der Waals surface area contributed by atoms with Gasteiger partial charge in [0.25, 0.3) is 0 Å². The van der Waals surface area contributed by atoms with E-state index in [0.29, 0.717) is 0 Å². The number of nitrogens with zero attached hydrogens (tertiary/aromatic N) is 2. The maximum Gasteiger partial charge on any atom is 0.347 e. The van der Waals surface area contributed by atoms with Gasteiger partial charge in [0, 0.05) is 18.9 Å². The van der Waals surface area contributed by atoms with Gasteiger partial charge in [-0.15, -0.1) is 0 Å². The zero-order chi connectivity index (χ0) is 10.4. The standard InChI is InChI=1S/C11H18N2O/c1-3-10(4-2)6-9-13-8-5-7-12-11(13)14/h5,7-8,10H,3-4,6,9H2,1-2H3. The predicted molar refractivity (Wildman–Crippen MR) is 57.2 cm³/mol. The Morgan fingerprint density at radius 3 is 2.71 bits per heavy atom. The van der Waals surface area contributed by atoms with Crippen LogP contribution in [-0.4, -0.2) is 9.55 Å². The summed E-state index contributed by atoms with van der Waals surface area (Å²) in [6, 6.07) is 1.80. The molecule has 3 nitrogen and oxygen atoms in total. The van der Waals surface area contributed by atoms with Crippen molar-refractivity contribution in [2.24, 2.45) is 5.92 Å². The van der Waals surface area contributed by atoms with E-state index < -0.39 is 0 Å². The van der Waals surface area contributed by atoms with Gasteiger partial charge in [0.1, 0.15) is 0 Å². The molecule has 0 aliphatic heterocycles. The number of hydrogen-bond donors (Lipinski definition) is 0. The van der Waals surface area contributed by atoms with Crippen molar-refractivity contribution in [2.45, 2.75) is 39.7 Å². The highest BCUT2D eigenvalue weighted by Gasteiger charge is 2.03. The van der Waals surface area contributed by atoms with Crippen LogP contribution < -0.4 is 5.69 Å². The second-order valence-electron chi connectivity index (χ2n) is 3.57. The number of aryl methyl sites for hydroxylation is 1. The Labute approximate surface area is 84.8 Å². The van der Waals surface area contributed by atoms with E-state index in [-0.39, 0.29) is 5.69 Å². The van der Waals surface area contributed by atoms with Gasteiger partial charge in [0.2, 0.25) is 0 Å². The van der Waals surface area contributed by atoms with Crippen LogP contribution in [0, 0.1) is 5.92 Å². The highest BCUT2D eigenvalue weighted by atomic mass is 16.1. The molecular weight excluding hydrogens is 176 g/mol. The van der Waals surface area contributed by atoms with Crippen molar-refractivity contribution in [1.82, 2.24) is 9.55 Å². The number of hydrogen-bond acceptors (Lipinski definition) is 2. The first-order valence-electron chi connectivity index (χ1n) is 5.29. The van der Waals surface area contributed by atoms with E-state index in [9.17, 15) is 4.79 Å². The Morgan fingerprint density at radius 1 is 1.43 bits per heavy atom. The highest BCUT2D eigenvalue weighted by molar-refractivity contribution is 4.80. The van der Waals surface area contributed by atoms with Gasteiger partial charge in [-0.05, 0) is 18.4 Å². The molecule has 0 aliphatic rings. The molecule has 1 heterocycles. The molecule has 0 atom stereocenters. The third-order valence-electron chi connectivity index (χ3n) is 2.72. The lowest BCUT2D eigenvalue weighted by atomic mass is 10.00. The summed E-state index contributed by atoms with van der Waals surface area (Å²) in [6.45, 7) is 5.18. The smallest absolute Gasteiger partial charge is 0.299 e. The second-order valence-corrected chi connectivity index (χ2v) is 3.57. The highest BCUT2D eigenvalue weighted by Crippen LogP contribution is 2.12. The van der Waals surface area contributed by atoms with E-state index in [0.717, 1.165) is 18.9 Å². The minimum absolute atomic E-state index is 0.140. The molecule has 0 N–H and O–H groups in total. The van der Waals surface area contributed by atoms with Gasteiger partial charge in [0.15, 0.2) is 0 Å². The van der Waals surface area contributed by atoms with Crippen molar-refractivity contribution in [3.63, 3.8) is 0 Å². The fourth-order valence-corrected chi connectivity index (χ4v) is 1.58. The summed E-state index contributed by atoms with van der Waals surface area (Å²) in [7, 11) is 0. The molecule has 0 aromatic carbocycles. The summed E-state index contributed by atoms with van der Waals surface area (Å²) >= 11 is 0. The zero-order valence-corrected chi connectivity index (χ0v) is 8.94. The van der Waals surface area contributed by atoms with E-state index in [4.69, 9.17) is 0 Å². The van der Waals surface area contributed by atoms with E-state index in [1.807, 2.05) is 0 Å². The van der Waals surface area contributed by atoms with Crippen LogP contribution in [0.1, 0.15) is 33.1 Å². The van der Waals surface area contributed by atoms with E-state index in [1.165, 1.54) is 19.0 Å². The van der Waals surface area contributed by atoms with Crippen LogP contribution in [0.3, 0.4) is 0 Å². The van der Waals surface area contributed by atoms with Gasteiger partial charge in [0.05, 0.1) is 0 Å². The molecule has 0 aliphatic carbocycles. The maximum absolute atomic E-state index is 11.3. The monoisotopic (exact) mass is 194 g/mol. The predicted octanol–water partition coefficient (Wildman–Crippen LogP) is 2.07. The molecule has 1 aromatic heterocycles. The Kier molecular flexibility index (Phi) is 4.36. The first-order chi connectivity index (χ1) is 6.77. The number of aromatic nitrogens is 2. The lowest BCUT2D eigenvalue weighted by molar-refractivity contribution is 0.416. The summed E-state index contributed by atoms with van der Waals surface area (Å²) in [5.74, 6) is 0.724.